The molecule has 0 spiro atoms. The van der Waals surface area contributed by atoms with Gasteiger partial charge in [0.1, 0.15) is 0 Å². The van der Waals surface area contributed by atoms with E-state index in [-0.39, 0.29) is 16.5 Å². The van der Waals surface area contributed by atoms with Crippen molar-refractivity contribution in [3.05, 3.63) is 54.1 Å². The number of halogens is 2. The van der Waals surface area contributed by atoms with E-state index in [1.54, 1.807) is 12.1 Å². The van der Waals surface area contributed by atoms with Crippen LogP contribution in [0.25, 0.3) is 0 Å². The number of alkyl halides is 2. The maximum absolute atomic E-state index is 12.3. The highest BCUT2D eigenvalue weighted by Gasteiger charge is 2.28. The molecule has 0 unspecified atom stereocenters. The number of nitrogens with one attached hydrogen (secondary N) is 2. The fourth-order valence-corrected chi connectivity index (χ4v) is 4.07. The predicted octanol–water partition coefficient (Wildman–Crippen LogP) is 3.69. The molecule has 2 aromatic carbocycles. The molecule has 1 saturated carbocycles. The van der Waals surface area contributed by atoms with Crippen molar-refractivity contribution in [3.8, 4) is 0 Å². The van der Waals surface area contributed by atoms with E-state index in [1.165, 1.54) is 36.4 Å². The number of anilines is 1. The molecule has 1 aliphatic carbocycles. The lowest BCUT2D eigenvalue weighted by atomic mass is 10.2. The molecular weight excluding hydrogens is 382 g/mol. The molecule has 0 heterocycles. The van der Waals surface area contributed by atoms with Crippen molar-refractivity contribution in [3.63, 3.8) is 0 Å². The van der Waals surface area contributed by atoms with Crippen LogP contribution in [0.5, 0.6) is 0 Å². The molecule has 138 valence electrons. The number of carbonyl (C=O) groups excluding carboxylic acids is 1. The third kappa shape index (κ3) is 5.03. The Morgan fingerprint density at radius 2 is 1.81 bits per heavy atom. The molecule has 0 radical (unpaired) electrons. The number of benzene rings is 2. The van der Waals surface area contributed by atoms with E-state index < -0.39 is 21.7 Å². The first-order valence-corrected chi connectivity index (χ1v) is 10.2. The highest BCUT2D eigenvalue weighted by atomic mass is 32.2. The summed E-state index contributed by atoms with van der Waals surface area (Å²) in [5.41, 5.74) is 0.618. The Kier molecular flexibility index (Phi) is 5.59. The Labute approximate surface area is 154 Å². The number of hydrogen-bond acceptors (Lipinski definition) is 4. The summed E-state index contributed by atoms with van der Waals surface area (Å²) in [5.74, 6) is -2.98. The van der Waals surface area contributed by atoms with Gasteiger partial charge < -0.3 is 5.32 Å². The van der Waals surface area contributed by atoms with E-state index >= 15 is 0 Å². The zero-order valence-corrected chi connectivity index (χ0v) is 15.1. The van der Waals surface area contributed by atoms with Crippen molar-refractivity contribution in [1.82, 2.24) is 4.72 Å². The van der Waals surface area contributed by atoms with Gasteiger partial charge in [0, 0.05) is 22.2 Å². The number of thioether (sulfide) groups is 1. The van der Waals surface area contributed by atoms with Crippen LogP contribution < -0.4 is 10.0 Å². The third-order valence-corrected chi connectivity index (χ3v) is 5.88. The monoisotopic (exact) mass is 398 g/mol. The van der Waals surface area contributed by atoms with Crippen molar-refractivity contribution in [2.45, 2.75) is 34.4 Å². The SMILES string of the molecule is O=C(Nc1cccc(S(=O)(=O)NC2CC2)c1)c1ccc(SC(F)F)cc1. The van der Waals surface area contributed by atoms with E-state index in [1.807, 2.05) is 0 Å². The first kappa shape index (κ1) is 18.8. The van der Waals surface area contributed by atoms with Crippen molar-refractivity contribution in [1.29, 1.82) is 0 Å². The Morgan fingerprint density at radius 3 is 2.42 bits per heavy atom. The van der Waals surface area contributed by atoms with Gasteiger partial charge in [0.25, 0.3) is 11.7 Å². The second-order valence-corrected chi connectivity index (χ2v) is 8.56. The molecule has 3 rings (SSSR count). The van der Waals surface area contributed by atoms with Crippen LogP contribution in [0.3, 0.4) is 0 Å². The third-order valence-electron chi connectivity index (χ3n) is 3.64. The minimum absolute atomic E-state index is 0.0112. The number of amides is 1. The Balaban J connectivity index is 1.70. The van der Waals surface area contributed by atoms with Gasteiger partial charge in [0.2, 0.25) is 10.0 Å². The average molecular weight is 398 g/mol. The van der Waals surface area contributed by atoms with Crippen LogP contribution in [0.2, 0.25) is 0 Å². The normalized spacial score (nSPS) is 14.4. The zero-order valence-electron chi connectivity index (χ0n) is 13.5. The molecule has 2 N–H and O–H groups in total. The number of sulfonamides is 1. The summed E-state index contributed by atoms with van der Waals surface area (Å²) in [6, 6.07) is 11.7. The second-order valence-electron chi connectivity index (χ2n) is 5.78. The topological polar surface area (TPSA) is 75.3 Å². The molecule has 0 aliphatic heterocycles. The zero-order chi connectivity index (χ0) is 18.7. The molecule has 1 fully saturated rings. The first-order chi connectivity index (χ1) is 12.3. The molecule has 0 aromatic heterocycles. The van der Waals surface area contributed by atoms with Gasteiger partial charge in [-0.05, 0) is 55.3 Å². The molecule has 9 heteroatoms. The summed E-state index contributed by atoms with van der Waals surface area (Å²) in [5, 5.41) is 2.61. The van der Waals surface area contributed by atoms with Crippen molar-refractivity contribution in [2.75, 3.05) is 5.32 Å². The number of rotatable bonds is 7. The predicted molar refractivity (Wildman–Crippen MR) is 96.0 cm³/mol. The smallest absolute Gasteiger partial charge is 0.288 e. The van der Waals surface area contributed by atoms with Crippen molar-refractivity contribution >= 4 is 33.4 Å². The number of carbonyl (C=O) groups is 1. The highest BCUT2D eigenvalue weighted by Crippen LogP contribution is 2.26. The maximum Gasteiger partial charge on any atom is 0.288 e. The largest absolute Gasteiger partial charge is 0.322 e. The maximum atomic E-state index is 12.3. The van der Waals surface area contributed by atoms with Crippen LogP contribution in [0.15, 0.2) is 58.3 Å². The molecule has 0 saturated heterocycles. The van der Waals surface area contributed by atoms with Crippen LogP contribution in [0, 0.1) is 0 Å². The Bertz CT molecular complexity index is 898. The van der Waals surface area contributed by atoms with Crippen molar-refractivity contribution in [2.24, 2.45) is 0 Å². The van der Waals surface area contributed by atoms with Crippen LogP contribution in [-0.4, -0.2) is 26.1 Å². The Morgan fingerprint density at radius 1 is 1.12 bits per heavy atom. The molecular formula is C17H16F2N2O3S2. The molecule has 5 nitrogen and oxygen atoms in total. The van der Waals surface area contributed by atoms with Gasteiger partial charge in [0.15, 0.2) is 0 Å². The second kappa shape index (κ2) is 7.73. The fourth-order valence-electron chi connectivity index (χ4n) is 2.22. The van der Waals surface area contributed by atoms with E-state index in [2.05, 4.69) is 10.0 Å². The molecule has 2 aromatic rings. The van der Waals surface area contributed by atoms with Crippen LogP contribution >= 0.6 is 11.8 Å². The van der Waals surface area contributed by atoms with Gasteiger partial charge in [-0.25, -0.2) is 13.1 Å². The lowest BCUT2D eigenvalue weighted by Gasteiger charge is -2.09. The van der Waals surface area contributed by atoms with Gasteiger partial charge in [-0.1, -0.05) is 17.8 Å². The summed E-state index contributed by atoms with van der Waals surface area (Å²) >= 11 is 0.399. The van der Waals surface area contributed by atoms with Gasteiger partial charge in [-0.3, -0.25) is 4.79 Å². The highest BCUT2D eigenvalue weighted by molar-refractivity contribution is 7.99. The van der Waals surface area contributed by atoms with E-state index in [9.17, 15) is 22.0 Å². The molecule has 1 aliphatic rings. The van der Waals surface area contributed by atoms with Crippen molar-refractivity contribution < 1.29 is 22.0 Å². The quantitative estimate of drug-likeness (QED) is 0.698. The molecule has 0 atom stereocenters. The lowest BCUT2D eigenvalue weighted by Crippen LogP contribution is -2.25. The Hall–Kier alpha value is -1.97. The van der Waals surface area contributed by atoms with Gasteiger partial charge >= 0.3 is 0 Å². The summed E-state index contributed by atoms with van der Waals surface area (Å²) in [7, 11) is -3.61. The van der Waals surface area contributed by atoms with Gasteiger partial charge in [-0.15, -0.1) is 0 Å². The fraction of sp³-hybridized carbons (Fsp3) is 0.235. The minimum atomic E-state index is -3.61. The molecule has 26 heavy (non-hydrogen) atoms. The van der Waals surface area contributed by atoms with Gasteiger partial charge in [-0.2, -0.15) is 8.78 Å². The van der Waals surface area contributed by atoms with Crippen LogP contribution in [0.1, 0.15) is 23.2 Å². The van der Waals surface area contributed by atoms with Crippen LogP contribution in [0.4, 0.5) is 14.5 Å². The average Bonchev–Trinajstić information content (AvgIpc) is 3.38. The molecule has 0 bridgehead atoms. The summed E-state index contributed by atoms with van der Waals surface area (Å²) in [4.78, 5) is 12.7. The summed E-state index contributed by atoms with van der Waals surface area (Å²) in [6.07, 6.45) is 1.66. The van der Waals surface area contributed by atoms with E-state index in [0.29, 0.717) is 22.3 Å². The first-order valence-electron chi connectivity index (χ1n) is 7.82. The summed E-state index contributed by atoms with van der Waals surface area (Å²) < 4.78 is 51.7. The standard InChI is InChI=1S/C17H16F2N2O3S2/c18-17(19)25-14-8-4-11(5-9-14)16(22)20-13-2-1-3-15(10-13)26(23,24)21-12-6-7-12/h1-5,8-10,12,17,21H,6-7H2,(H,20,22). The molecule has 1 amide bonds. The minimum Gasteiger partial charge on any atom is -0.322 e. The number of hydrogen-bond donors (Lipinski definition) is 2. The van der Waals surface area contributed by atoms with E-state index in [0.717, 1.165) is 12.8 Å². The summed E-state index contributed by atoms with van der Waals surface area (Å²) in [6.45, 7) is 0. The van der Waals surface area contributed by atoms with Gasteiger partial charge in [0.05, 0.1) is 4.90 Å². The van der Waals surface area contributed by atoms with Crippen LogP contribution in [-0.2, 0) is 10.0 Å². The van der Waals surface area contributed by atoms with E-state index in [4.69, 9.17) is 0 Å². The lowest BCUT2D eigenvalue weighted by molar-refractivity contribution is 0.102.